The Morgan fingerprint density at radius 2 is 2.25 bits per heavy atom. The maximum Gasteiger partial charge on any atom is 0.230 e. The number of amides is 1. The number of carbonyl (C=O) groups is 1. The van der Waals surface area contributed by atoms with Crippen molar-refractivity contribution in [2.24, 2.45) is 17.0 Å². The van der Waals surface area contributed by atoms with E-state index in [2.05, 4.69) is 15.6 Å². The molecule has 0 spiro atoms. The van der Waals surface area contributed by atoms with Crippen LogP contribution in [0.3, 0.4) is 0 Å². The second-order valence-electron chi connectivity index (χ2n) is 3.74. The van der Waals surface area contributed by atoms with Crippen LogP contribution in [0.1, 0.15) is 13.8 Å². The second-order valence-corrected chi connectivity index (χ2v) is 3.74. The van der Waals surface area contributed by atoms with E-state index in [1.54, 1.807) is 25.5 Å². The van der Waals surface area contributed by atoms with Crippen LogP contribution in [-0.2, 0) is 4.79 Å². The van der Waals surface area contributed by atoms with Gasteiger partial charge in [-0.15, -0.1) is 0 Å². The Morgan fingerprint density at radius 3 is 2.62 bits per heavy atom. The van der Waals surface area contributed by atoms with Gasteiger partial charge in [0.05, 0.1) is 0 Å². The summed E-state index contributed by atoms with van der Waals surface area (Å²) < 4.78 is 1.39. The summed E-state index contributed by atoms with van der Waals surface area (Å²) in [5, 5.41) is 18.7. The smallest absolute Gasteiger partial charge is 0.230 e. The van der Waals surface area contributed by atoms with E-state index < -0.39 is 5.92 Å². The molecule has 6 nitrogen and oxygen atoms in total. The van der Waals surface area contributed by atoms with E-state index in [9.17, 15) is 4.79 Å². The molecule has 1 aromatic heterocycles. The molecule has 1 heterocycles. The predicted octanol–water partition coefficient (Wildman–Crippen LogP) is 0.537. The van der Waals surface area contributed by atoms with E-state index in [-0.39, 0.29) is 17.7 Å². The lowest BCUT2D eigenvalue weighted by Gasteiger charge is -2.19. The molecule has 0 aliphatic heterocycles. The summed E-state index contributed by atoms with van der Waals surface area (Å²) in [6.45, 7) is 3.77. The fourth-order valence-electron chi connectivity index (χ4n) is 1.53. The standard InChI is InChI=1S/C10H16N4O2/c1-7(2)8(10(15)11-3)9(13-16)14-6-4-5-12-14/h4-8,16H,1-3H3,(H,11,15). The lowest BCUT2D eigenvalue weighted by Crippen LogP contribution is -2.39. The van der Waals surface area contributed by atoms with E-state index in [0.29, 0.717) is 0 Å². The van der Waals surface area contributed by atoms with E-state index in [0.717, 1.165) is 0 Å². The molecule has 88 valence electrons. The van der Waals surface area contributed by atoms with Crippen LogP contribution in [0.25, 0.3) is 0 Å². The van der Waals surface area contributed by atoms with Crippen LogP contribution in [0, 0.1) is 11.8 Å². The molecule has 1 rings (SSSR count). The Hall–Kier alpha value is -1.85. The Kier molecular flexibility index (Phi) is 4.04. The lowest BCUT2D eigenvalue weighted by atomic mass is 9.93. The maximum atomic E-state index is 11.7. The third-order valence-electron chi connectivity index (χ3n) is 2.32. The van der Waals surface area contributed by atoms with Gasteiger partial charge < -0.3 is 10.5 Å². The Bertz CT molecular complexity index is 370. The van der Waals surface area contributed by atoms with Gasteiger partial charge in [-0.25, -0.2) is 4.68 Å². The average Bonchev–Trinajstić information content (AvgIpc) is 2.77. The van der Waals surface area contributed by atoms with Gasteiger partial charge in [0.1, 0.15) is 5.92 Å². The average molecular weight is 224 g/mol. The molecule has 0 aliphatic carbocycles. The highest BCUT2D eigenvalue weighted by Gasteiger charge is 2.29. The van der Waals surface area contributed by atoms with Crippen LogP contribution in [0.15, 0.2) is 23.6 Å². The molecule has 16 heavy (non-hydrogen) atoms. The normalized spacial score (nSPS) is 13.9. The number of nitrogens with zero attached hydrogens (tertiary/aromatic N) is 3. The van der Waals surface area contributed by atoms with Crippen LogP contribution in [-0.4, -0.2) is 33.8 Å². The largest absolute Gasteiger partial charge is 0.409 e. The van der Waals surface area contributed by atoms with Gasteiger partial charge in [0.15, 0.2) is 5.84 Å². The molecular weight excluding hydrogens is 208 g/mol. The summed E-state index contributed by atoms with van der Waals surface area (Å²) in [6.07, 6.45) is 3.19. The van der Waals surface area contributed by atoms with Crippen LogP contribution in [0.4, 0.5) is 0 Å². The first-order valence-electron chi connectivity index (χ1n) is 5.05. The summed E-state index contributed by atoms with van der Waals surface area (Å²) in [5.41, 5.74) is 0. The van der Waals surface area contributed by atoms with Crippen molar-refractivity contribution in [3.05, 3.63) is 18.5 Å². The zero-order valence-corrected chi connectivity index (χ0v) is 9.58. The van der Waals surface area contributed by atoms with Crippen molar-refractivity contribution in [3.63, 3.8) is 0 Å². The van der Waals surface area contributed by atoms with Crippen LogP contribution >= 0.6 is 0 Å². The van der Waals surface area contributed by atoms with Crippen molar-refractivity contribution < 1.29 is 10.0 Å². The second kappa shape index (κ2) is 5.29. The molecule has 1 atom stereocenters. The summed E-state index contributed by atoms with van der Waals surface area (Å²) >= 11 is 0. The van der Waals surface area contributed by atoms with Crippen molar-refractivity contribution in [2.75, 3.05) is 7.05 Å². The van der Waals surface area contributed by atoms with Crippen LogP contribution in [0.5, 0.6) is 0 Å². The quantitative estimate of drug-likeness (QED) is 0.340. The van der Waals surface area contributed by atoms with E-state index >= 15 is 0 Å². The molecule has 1 amide bonds. The summed E-state index contributed by atoms with van der Waals surface area (Å²) in [7, 11) is 1.55. The van der Waals surface area contributed by atoms with Gasteiger partial charge in [-0.2, -0.15) is 5.10 Å². The molecular formula is C10H16N4O2. The highest BCUT2D eigenvalue weighted by atomic mass is 16.4. The van der Waals surface area contributed by atoms with Gasteiger partial charge in [0, 0.05) is 19.4 Å². The molecule has 0 bridgehead atoms. The molecule has 0 fully saturated rings. The molecule has 0 radical (unpaired) electrons. The number of carbonyl (C=O) groups excluding carboxylic acids is 1. The summed E-state index contributed by atoms with van der Waals surface area (Å²) in [6, 6.07) is 1.70. The number of aromatic nitrogens is 2. The van der Waals surface area contributed by atoms with Gasteiger partial charge in [-0.05, 0) is 12.0 Å². The number of oxime groups is 1. The first-order chi connectivity index (χ1) is 7.61. The maximum absolute atomic E-state index is 11.7. The van der Waals surface area contributed by atoms with Gasteiger partial charge >= 0.3 is 0 Å². The highest BCUT2D eigenvalue weighted by molar-refractivity contribution is 6.03. The minimum atomic E-state index is -0.533. The third kappa shape index (κ3) is 2.39. The van der Waals surface area contributed by atoms with E-state index in [1.807, 2.05) is 13.8 Å². The van der Waals surface area contributed by atoms with Gasteiger partial charge in [-0.3, -0.25) is 4.79 Å². The minimum Gasteiger partial charge on any atom is -0.409 e. The summed E-state index contributed by atoms with van der Waals surface area (Å²) in [4.78, 5) is 11.7. The monoisotopic (exact) mass is 224 g/mol. The van der Waals surface area contributed by atoms with Gasteiger partial charge in [0.2, 0.25) is 5.91 Å². The lowest BCUT2D eigenvalue weighted by molar-refractivity contribution is -0.123. The van der Waals surface area contributed by atoms with E-state index in [4.69, 9.17) is 5.21 Å². The van der Waals surface area contributed by atoms with Crippen molar-refractivity contribution in [1.82, 2.24) is 15.1 Å². The van der Waals surface area contributed by atoms with Crippen molar-refractivity contribution in [3.8, 4) is 0 Å². The zero-order valence-electron chi connectivity index (χ0n) is 9.58. The number of nitrogens with one attached hydrogen (secondary N) is 1. The highest BCUT2D eigenvalue weighted by Crippen LogP contribution is 2.14. The SMILES string of the molecule is CNC(=O)C(C(=NO)n1cccn1)C(C)C. The first kappa shape index (κ1) is 12.2. The Morgan fingerprint density at radius 1 is 1.56 bits per heavy atom. The van der Waals surface area contributed by atoms with Crippen LogP contribution in [0.2, 0.25) is 0 Å². The van der Waals surface area contributed by atoms with Crippen molar-refractivity contribution in [2.45, 2.75) is 13.8 Å². The fraction of sp³-hybridized carbons (Fsp3) is 0.500. The number of hydrogen-bond donors (Lipinski definition) is 2. The van der Waals surface area contributed by atoms with Gasteiger partial charge in [-0.1, -0.05) is 19.0 Å². The zero-order chi connectivity index (χ0) is 12.1. The number of rotatable bonds is 3. The van der Waals surface area contributed by atoms with Crippen molar-refractivity contribution in [1.29, 1.82) is 0 Å². The molecule has 0 aliphatic rings. The Balaban J connectivity index is 3.06. The molecule has 2 N–H and O–H groups in total. The third-order valence-corrected chi connectivity index (χ3v) is 2.32. The van der Waals surface area contributed by atoms with Gasteiger partial charge in [0.25, 0.3) is 0 Å². The molecule has 0 saturated heterocycles. The topological polar surface area (TPSA) is 79.5 Å². The predicted molar refractivity (Wildman–Crippen MR) is 59.2 cm³/mol. The first-order valence-corrected chi connectivity index (χ1v) is 5.05. The number of hydrogen-bond acceptors (Lipinski definition) is 4. The van der Waals surface area contributed by atoms with Crippen molar-refractivity contribution >= 4 is 11.7 Å². The molecule has 0 aromatic carbocycles. The molecule has 6 heteroatoms. The molecule has 1 unspecified atom stereocenters. The fourth-order valence-corrected chi connectivity index (χ4v) is 1.53. The minimum absolute atomic E-state index is 0.00931. The van der Waals surface area contributed by atoms with E-state index in [1.165, 1.54) is 4.68 Å². The Labute approximate surface area is 93.9 Å². The molecule has 1 aromatic rings. The molecule has 0 saturated carbocycles. The summed E-state index contributed by atoms with van der Waals surface area (Å²) in [5.74, 6) is -0.498. The van der Waals surface area contributed by atoms with Crippen LogP contribution < -0.4 is 5.32 Å².